The highest BCUT2D eigenvalue weighted by Crippen LogP contribution is 2.23. The first-order chi connectivity index (χ1) is 9.50. The predicted molar refractivity (Wildman–Crippen MR) is 71.0 cm³/mol. The van der Waals surface area contributed by atoms with Crippen LogP contribution < -0.4 is 5.73 Å². The van der Waals surface area contributed by atoms with Gasteiger partial charge in [0.1, 0.15) is 17.5 Å². The van der Waals surface area contributed by atoms with E-state index in [1.165, 1.54) is 0 Å². The number of carbonyl (C=O) groups is 1. The third kappa shape index (κ3) is 2.77. The molecule has 0 aliphatic rings. The van der Waals surface area contributed by atoms with Gasteiger partial charge in [-0.15, -0.1) is 0 Å². The molecule has 0 aliphatic heterocycles. The number of hydrogen-bond donors (Lipinski definition) is 1. The number of carbonyl (C=O) groups excluding carboxylic acids is 1. The molecule has 0 amide bonds. The Bertz CT molecular complexity index is 629. The number of anilines is 1. The van der Waals surface area contributed by atoms with Crippen LogP contribution in [0.25, 0.3) is 0 Å². The van der Waals surface area contributed by atoms with E-state index in [1.54, 1.807) is 31.2 Å². The van der Waals surface area contributed by atoms with Gasteiger partial charge in [0.05, 0.1) is 5.69 Å². The number of hydrogen-bond acceptors (Lipinski definition) is 3. The highest BCUT2D eigenvalue weighted by atomic mass is 19.1. The van der Waals surface area contributed by atoms with Crippen LogP contribution in [0, 0.1) is 11.6 Å². The molecule has 3 nitrogen and oxygen atoms in total. The van der Waals surface area contributed by atoms with E-state index in [0.29, 0.717) is 0 Å². The van der Waals surface area contributed by atoms with E-state index in [0.717, 1.165) is 17.7 Å². The SMILES string of the molecule is CC(OC(=O)c1c(F)ccc(N)c1F)c1ccccc1. The van der Waals surface area contributed by atoms with Crippen molar-refractivity contribution in [2.45, 2.75) is 13.0 Å². The summed E-state index contributed by atoms with van der Waals surface area (Å²) in [6.07, 6.45) is -0.621. The highest BCUT2D eigenvalue weighted by Gasteiger charge is 2.23. The van der Waals surface area contributed by atoms with Gasteiger partial charge in [-0.3, -0.25) is 0 Å². The Balaban J connectivity index is 2.23. The summed E-state index contributed by atoms with van der Waals surface area (Å²) in [5.41, 5.74) is 4.98. The van der Waals surface area contributed by atoms with Gasteiger partial charge >= 0.3 is 5.97 Å². The molecule has 104 valence electrons. The van der Waals surface area contributed by atoms with E-state index < -0.39 is 29.3 Å². The molecular formula is C15H13F2NO2. The standard InChI is InChI=1S/C15H13F2NO2/c1-9(10-5-3-2-4-6-10)20-15(19)13-11(16)7-8-12(18)14(13)17/h2-9H,18H2,1H3. The predicted octanol–water partition coefficient (Wildman–Crippen LogP) is 3.47. The van der Waals surface area contributed by atoms with Crippen molar-refractivity contribution in [2.24, 2.45) is 0 Å². The Morgan fingerprint density at radius 1 is 1.15 bits per heavy atom. The molecule has 0 saturated heterocycles. The Morgan fingerprint density at radius 3 is 2.45 bits per heavy atom. The molecule has 5 heteroatoms. The number of nitrogens with two attached hydrogens (primary N) is 1. The maximum Gasteiger partial charge on any atom is 0.344 e. The van der Waals surface area contributed by atoms with E-state index in [9.17, 15) is 13.6 Å². The van der Waals surface area contributed by atoms with Gasteiger partial charge in [0.25, 0.3) is 0 Å². The van der Waals surface area contributed by atoms with Gasteiger partial charge < -0.3 is 10.5 Å². The maximum atomic E-state index is 13.7. The average Bonchev–Trinajstić information content (AvgIpc) is 2.44. The van der Waals surface area contributed by atoms with Crippen LogP contribution in [0.3, 0.4) is 0 Å². The lowest BCUT2D eigenvalue weighted by Crippen LogP contribution is -2.14. The quantitative estimate of drug-likeness (QED) is 0.690. The fourth-order valence-electron chi connectivity index (χ4n) is 1.77. The Labute approximate surface area is 115 Å². The Hall–Kier alpha value is -2.43. The number of nitrogen functional groups attached to an aromatic ring is 1. The number of esters is 1. The first kappa shape index (κ1) is 14.0. The topological polar surface area (TPSA) is 52.3 Å². The van der Waals surface area contributed by atoms with Gasteiger partial charge in [-0.1, -0.05) is 30.3 Å². The van der Waals surface area contributed by atoms with Gasteiger partial charge in [0.2, 0.25) is 0 Å². The lowest BCUT2D eigenvalue weighted by molar-refractivity contribution is 0.0327. The molecule has 2 aromatic rings. The smallest absolute Gasteiger partial charge is 0.344 e. The maximum absolute atomic E-state index is 13.7. The van der Waals surface area contributed by atoms with Crippen molar-refractivity contribution in [3.05, 3.63) is 65.2 Å². The van der Waals surface area contributed by atoms with E-state index >= 15 is 0 Å². The molecule has 0 aromatic heterocycles. The molecule has 0 bridgehead atoms. The largest absolute Gasteiger partial charge is 0.454 e. The third-order valence-corrected chi connectivity index (χ3v) is 2.88. The molecule has 0 saturated carbocycles. The zero-order chi connectivity index (χ0) is 14.7. The zero-order valence-electron chi connectivity index (χ0n) is 10.8. The average molecular weight is 277 g/mol. The van der Waals surface area contributed by atoms with E-state index in [1.807, 2.05) is 6.07 Å². The second-order valence-electron chi connectivity index (χ2n) is 4.28. The van der Waals surface area contributed by atoms with E-state index in [-0.39, 0.29) is 5.69 Å². The van der Waals surface area contributed by atoms with Crippen LogP contribution in [0.4, 0.5) is 14.5 Å². The summed E-state index contributed by atoms with van der Waals surface area (Å²) in [5.74, 6) is -3.18. The molecule has 0 radical (unpaired) electrons. The van der Waals surface area contributed by atoms with Crippen LogP contribution in [0.15, 0.2) is 42.5 Å². The van der Waals surface area contributed by atoms with Crippen LogP contribution in [0.1, 0.15) is 28.9 Å². The van der Waals surface area contributed by atoms with Crippen LogP contribution in [0.5, 0.6) is 0 Å². The fourth-order valence-corrected chi connectivity index (χ4v) is 1.77. The minimum atomic E-state index is -1.10. The summed E-state index contributed by atoms with van der Waals surface area (Å²) in [5, 5.41) is 0. The lowest BCUT2D eigenvalue weighted by Gasteiger charge is -2.14. The van der Waals surface area contributed by atoms with E-state index in [4.69, 9.17) is 10.5 Å². The molecular weight excluding hydrogens is 264 g/mol. The van der Waals surface area contributed by atoms with Gasteiger partial charge in [-0.25, -0.2) is 13.6 Å². The van der Waals surface area contributed by atoms with Crippen LogP contribution in [-0.4, -0.2) is 5.97 Å². The van der Waals surface area contributed by atoms with Crippen LogP contribution >= 0.6 is 0 Å². The molecule has 20 heavy (non-hydrogen) atoms. The molecule has 2 rings (SSSR count). The van der Waals surface area contributed by atoms with Crippen molar-refractivity contribution >= 4 is 11.7 Å². The van der Waals surface area contributed by atoms with Crippen molar-refractivity contribution in [3.8, 4) is 0 Å². The monoisotopic (exact) mass is 277 g/mol. The van der Waals surface area contributed by atoms with Crippen LogP contribution in [0.2, 0.25) is 0 Å². The first-order valence-electron chi connectivity index (χ1n) is 6.00. The minimum Gasteiger partial charge on any atom is -0.454 e. The van der Waals surface area contributed by atoms with Gasteiger partial charge in [0.15, 0.2) is 5.82 Å². The van der Waals surface area contributed by atoms with Crippen molar-refractivity contribution in [2.75, 3.05) is 5.73 Å². The van der Waals surface area contributed by atoms with Crippen molar-refractivity contribution in [1.82, 2.24) is 0 Å². The van der Waals surface area contributed by atoms with Crippen molar-refractivity contribution in [3.63, 3.8) is 0 Å². The first-order valence-corrected chi connectivity index (χ1v) is 6.00. The highest BCUT2D eigenvalue weighted by molar-refractivity contribution is 5.91. The summed E-state index contributed by atoms with van der Waals surface area (Å²) in [6.45, 7) is 1.62. The molecule has 1 unspecified atom stereocenters. The molecule has 0 fully saturated rings. The summed E-state index contributed by atoms with van der Waals surface area (Å²) < 4.78 is 32.3. The summed E-state index contributed by atoms with van der Waals surface area (Å²) >= 11 is 0. The molecule has 2 aromatic carbocycles. The third-order valence-electron chi connectivity index (χ3n) is 2.88. The van der Waals surface area contributed by atoms with Crippen LogP contribution in [-0.2, 0) is 4.74 Å². The lowest BCUT2D eigenvalue weighted by atomic mass is 10.1. The summed E-state index contributed by atoms with van der Waals surface area (Å²) in [7, 11) is 0. The molecule has 1 atom stereocenters. The number of halogens is 2. The Kier molecular flexibility index (Phi) is 3.98. The van der Waals surface area contributed by atoms with Crippen molar-refractivity contribution < 1.29 is 18.3 Å². The van der Waals surface area contributed by atoms with E-state index in [2.05, 4.69) is 0 Å². The minimum absolute atomic E-state index is 0.300. The molecule has 2 N–H and O–H groups in total. The normalized spacial score (nSPS) is 11.9. The molecule has 0 spiro atoms. The summed E-state index contributed by atoms with van der Waals surface area (Å²) in [6, 6.07) is 10.9. The number of ether oxygens (including phenoxy) is 1. The summed E-state index contributed by atoms with van der Waals surface area (Å²) in [4.78, 5) is 11.9. The van der Waals surface area contributed by atoms with Crippen molar-refractivity contribution in [1.29, 1.82) is 0 Å². The Morgan fingerprint density at radius 2 is 1.80 bits per heavy atom. The zero-order valence-corrected chi connectivity index (χ0v) is 10.8. The van der Waals surface area contributed by atoms with Gasteiger partial charge in [0, 0.05) is 0 Å². The van der Waals surface area contributed by atoms with Gasteiger partial charge in [-0.2, -0.15) is 0 Å². The second kappa shape index (κ2) is 5.69. The number of benzene rings is 2. The second-order valence-corrected chi connectivity index (χ2v) is 4.28. The van der Waals surface area contributed by atoms with Gasteiger partial charge in [-0.05, 0) is 24.6 Å². The number of rotatable bonds is 3. The molecule has 0 heterocycles. The fraction of sp³-hybridized carbons (Fsp3) is 0.133. The molecule has 0 aliphatic carbocycles.